The van der Waals surface area contributed by atoms with E-state index < -0.39 is 0 Å². The SMILES string of the molecule is CC1Cc2ccccc2N1c1ccc(CN)c(F)c1. The van der Waals surface area contributed by atoms with E-state index in [1.54, 1.807) is 12.1 Å². The van der Waals surface area contributed by atoms with E-state index in [4.69, 9.17) is 5.73 Å². The highest BCUT2D eigenvalue weighted by Crippen LogP contribution is 2.38. The van der Waals surface area contributed by atoms with Crippen molar-refractivity contribution in [2.75, 3.05) is 4.90 Å². The van der Waals surface area contributed by atoms with Gasteiger partial charge in [0.1, 0.15) is 5.82 Å². The molecule has 0 aliphatic carbocycles. The lowest BCUT2D eigenvalue weighted by Crippen LogP contribution is -2.24. The summed E-state index contributed by atoms with van der Waals surface area (Å²) < 4.78 is 13.9. The minimum atomic E-state index is -0.225. The van der Waals surface area contributed by atoms with Gasteiger partial charge in [0.25, 0.3) is 0 Å². The first-order valence-electron chi connectivity index (χ1n) is 6.56. The van der Waals surface area contributed by atoms with Gasteiger partial charge in [-0.15, -0.1) is 0 Å². The number of nitrogens with two attached hydrogens (primary N) is 1. The van der Waals surface area contributed by atoms with E-state index in [0.717, 1.165) is 12.1 Å². The number of nitrogens with zero attached hydrogens (tertiary/aromatic N) is 1. The van der Waals surface area contributed by atoms with Crippen LogP contribution >= 0.6 is 0 Å². The lowest BCUT2D eigenvalue weighted by Gasteiger charge is -2.25. The van der Waals surface area contributed by atoms with Crippen LogP contribution in [0.15, 0.2) is 42.5 Å². The monoisotopic (exact) mass is 256 g/mol. The molecule has 0 radical (unpaired) electrons. The van der Waals surface area contributed by atoms with Crippen LogP contribution in [0.25, 0.3) is 0 Å². The number of fused-ring (bicyclic) bond motifs is 1. The van der Waals surface area contributed by atoms with Crippen LogP contribution in [0.5, 0.6) is 0 Å². The molecule has 1 unspecified atom stereocenters. The average molecular weight is 256 g/mol. The second kappa shape index (κ2) is 4.67. The summed E-state index contributed by atoms with van der Waals surface area (Å²) in [6.45, 7) is 2.40. The molecule has 0 spiro atoms. The fourth-order valence-electron chi connectivity index (χ4n) is 2.81. The van der Waals surface area contributed by atoms with Crippen LogP contribution in [0, 0.1) is 5.82 Å². The zero-order chi connectivity index (χ0) is 13.4. The van der Waals surface area contributed by atoms with Crippen LogP contribution in [0.1, 0.15) is 18.1 Å². The molecule has 0 amide bonds. The zero-order valence-corrected chi connectivity index (χ0v) is 10.9. The van der Waals surface area contributed by atoms with Crippen molar-refractivity contribution in [1.29, 1.82) is 0 Å². The molecule has 0 fully saturated rings. The van der Waals surface area contributed by atoms with Crippen molar-refractivity contribution in [1.82, 2.24) is 0 Å². The quantitative estimate of drug-likeness (QED) is 0.892. The smallest absolute Gasteiger partial charge is 0.129 e. The maximum atomic E-state index is 13.9. The molecule has 1 atom stereocenters. The van der Waals surface area contributed by atoms with Crippen LogP contribution in [0.2, 0.25) is 0 Å². The molecule has 3 rings (SSSR count). The number of rotatable bonds is 2. The van der Waals surface area contributed by atoms with Crippen molar-refractivity contribution in [2.45, 2.75) is 25.9 Å². The highest BCUT2D eigenvalue weighted by molar-refractivity contribution is 5.71. The van der Waals surface area contributed by atoms with E-state index in [2.05, 4.69) is 24.0 Å². The Labute approximate surface area is 112 Å². The molecule has 2 aromatic carbocycles. The normalized spacial score (nSPS) is 17.6. The molecule has 19 heavy (non-hydrogen) atoms. The van der Waals surface area contributed by atoms with Crippen molar-refractivity contribution < 1.29 is 4.39 Å². The summed E-state index contributed by atoms with van der Waals surface area (Å²) >= 11 is 0. The Morgan fingerprint density at radius 2 is 2.05 bits per heavy atom. The van der Waals surface area contributed by atoms with Crippen LogP contribution in [-0.4, -0.2) is 6.04 Å². The largest absolute Gasteiger partial charge is 0.338 e. The number of hydrogen-bond donors (Lipinski definition) is 1. The summed E-state index contributed by atoms with van der Waals surface area (Å²) in [6, 6.07) is 14.0. The maximum Gasteiger partial charge on any atom is 0.129 e. The fraction of sp³-hybridized carbons (Fsp3) is 0.250. The number of halogens is 1. The number of anilines is 2. The highest BCUT2D eigenvalue weighted by Gasteiger charge is 2.27. The van der Waals surface area contributed by atoms with Crippen molar-refractivity contribution in [3.8, 4) is 0 Å². The molecule has 2 nitrogen and oxygen atoms in total. The standard InChI is InChI=1S/C16H17FN2/c1-11-8-12-4-2-3-5-16(12)19(11)14-7-6-13(10-18)15(17)9-14/h2-7,9,11H,8,10,18H2,1H3. The molecule has 2 aromatic rings. The molecule has 0 bridgehead atoms. The molecule has 0 aromatic heterocycles. The molecular weight excluding hydrogens is 239 g/mol. The van der Waals surface area contributed by atoms with E-state index in [1.807, 2.05) is 18.2 Å². The summed E-state index contributed by atoms with van der Waals surface area (Å²) in [7, 11) is 0. The fourth-order valence-corrected chi connectivity index (χ4v) is 2.81. The zero-order valence-electron chi connectivity index (χ0n) is 10.9. The molecule has 98 valence electrons. The van der Waals surface area contributed by atoms with Crippen molar-refractivity contribution >= 4 is 11.4 Å². The number of para-hydroxylation sites is 1. The number of benzene rings is 2. The second-order valence-corrected chi connectivity index (χ2v) is 5.03. The first-order chi connectivity index (χ1) is 9.20. The van der Waals surface area contributed by atoms with E-state index in [1.165, 1.54) is 11.3 Å². The van der Waals surface area contributed by atoms with E-state index in [-0.39, 0.29) is 12.4 Å². The lowest BCUT2D eigenvalue weighted by molar-refractivity contribution is 0.609. The van der Waals surface area contributed by atoms with Gasteiger partial charge in [0.05, 0.1) is 0 Å². The summed E-state index contributed by atoms with van der Waals surface area (Å²) in [5, 5.41) is 0. The van der Waals surface area contributed by atoms with Gasteiger partial charge in [-0.25, -0.2) is 4.39 Å². The first-order valence-corrected chi connectivity index (χ1v) is 6.56. The minimum absolute atomic E-state index is 0.225. The molecule has 1 aliphatic heterocycles. The third-order valence-corrected chi connectivity index (χ3v) is 3.74. The summed E-state index contributed by atoms with van der Waals surface area (Å²) in [6.07, 6.45) is 0.996. The van der Waals surface area contributed by atoms with Gasteiger partial charge >= 0.3 is 0 Å². The lowest BCUT2D eigenvalue weighted by atomic mass is 10.1. The average Bonchev–Trinajstić information content (AvgIpc) is 2.74. The Hall–Kier alpha value is -1.87. The predicted octanol–water partition coefficient (Wildman–Crippen LogP) is 3.37. The Morgan fingerprint density at radius 3 is 2.79 bits per heavy atom. The highest BCUT2D eigenvalue weighted by atomic mass is 19.1. The van der Waals surface area contributed by atoms with Gasteiger partial charge in [-0.05, 0) is 37.1 Å². The van der Waals surface area contributed by atoms with Gasteiger partial charge in [0.2, 0.25) is 0 Å². The van der Waals surface area contributed by atoms with Gasteiger partial charge in [0, 0.05) is 29.5 Å². The van der Waals surface area contributed by atoms with Crippen LogP contribution in [0.3, 0.4) is 0 Å². The molecule has 0 saturated heterocycles. The topological polar surface area (TPSA) is 29.3 Å². The van der Waals surface area contributed by atoms with Crippen LogP contribution < -0.4 is 10.6 Å². The Morgan fingerprint density at radius 1 is 1.26 bits per heavy atom. The first kappa shape index (κ1) is 12.2. The third kappa shape index (κ3) is 2.00. The third-order valence-electron chi connectivity index (χ3n) is 3.74. The molecule has 2 N–H and O–H groups in total. The van der Waals surface area contributed by atoms with Gasteiger partial charge in [-0.3, -0.25) is 0 Å². The van der Waals surface area contributed by atoms with Gasteiger partial charge in [0.15, 0.2) is 0 Å². The number of hydrogen-bond acceptors (Lipinski definition) is 2. The molecule has 3 heteroatoms. The van der Waals surface area contributed by atoms with Gasteiger partial charge in [-0.2, -0.15) is 0 Å². The summed E-state index contributed by atoms with van der Waals surface area (Å²) in [5.41, 5.74) is 9.45. The molecule has 1 heterocycles. The minimum Gasteiger partial charge on any atom is -0.338 e. The van der Waals surface area contributed by atoms with E-state index >= 15 is 0 Å². The Balaban J connectivity index is 2.05. The molecule has 0 saturated carbocycles. The van der Waals surface area contributed by atoms with Gasteiger partial charge in [-0.1, -0.05) is 24.3 Å². The van der Waals surface area contributed by atoms with Gasteiger partial charge < -0.3 is 10.6 Å². The maximum absolute atomic E-state index is 13.9. The van der Waals surface area contributed by atoms with Crippen LogP contribution in [0.4, 0.5) is 15.8 Å². The summed E-state index contributed by atoms with van der Waals surface area (Å²) in [5.74, 6) is -0.225. The molecular formula is C16H17FN2. The Kier molecular flexibility index (Phi) is 2.99. The Bertz CT molecular complexity index is 609. The predicted molar refractivity (Wildman–Crippen MR) is 76.0 cm³/mol. The van der Waals surface area contributed by atoms with Crippen molar-refractivity contribution in [3.05, 3.63) is 59.4 Å². The van der Waals surface area contributed by atoms with Crippen LogP contribution in [-0.2, 0) is 13.0 Å². The van der Waals surface area contributed by atoms with E-state index in [0.29, 0.717) is 11.6 Å². The second-order valence-electron chi connectivity index (χ2n) is 5.03. The van der Waals surface area contributed by atoms with E-state index in [9.17, 15) is 4.39 Å². The van der Waals surface area contributed by atoms with Crippen molar-refractivity contribution in [3.63, 3.8) is 0 Å². The van der Waals surface area contributed by atoms with Crippen molar-refractivity contribution in [2.24, 2.45) is 5.73 Å². The summed E-state index contributed by atoms with van der Waals surface area (Å²) in [4.78, 5) is 2.19. The molecule has 1 aliphatic rings.